The van der Waals surface area contributed by atoms with Crippen molar-refractivity contribution in [2.24, 2.45) is 10.8 Å². The Kier molecular flexibility index (Phi) is 4.05. The number of nitrogens with zero attached hydrogens (tertiary/aromatic N) is 2. The fraction of sp³-hybridized carbons (Fsp3) is 0.833. The van der Waals surface area contributed by atoms with E-state index < -0.39 is 0 Å². The molecule has 0 spiro atoms. The fourth-order valence-electron chi connectivity index (χ4n) is 0.324. The number of aliphatic imine (C=N–C) groups is 1. The van der Waals surface area contributed by atoms with Gasteiger partial charge in [0.2, 0.25) is 0 Å². The van der Waals surface area contributed by atoms with Crippen LogP contribution in [0.2, 0.25) is 0 Å². The lowest BCUT2D eigenvalue weighted by Gasteiger charge is -2.04. The van der Waals surface area contributed by atoms with Crippen LogP contribution in [0.3, 0.4) is 0 Å². The maximum absolute atomic E-state index is 5.28. The van der Waals surface area contributed by atoms with Crippen LogP contribution in [0.15, 0.2) is 4.99 Å². The SMILES string of the molecule is CC[C@H](C)N=CN(C)N. The Morgan fingerprint density at radius 3 is 2.67 bits per heavy atom. The molecule has 0 heterocycles. The summed E-state index contributed by atoms with van der Waals surface area (Å²) in [5.41, 5.74) is 0. The van der Waals surface area contributed by atoms with E-state index >= 15 is 0 Å². The minimum atomic E-state index is 0.385. The molecule has 54 valence electrons. The van der Waals surface area contributed by atoms with Crippen LogP contribution in [-0.4, -0.2) is 24.4 Å². The first-order chi connectivity index (χ1) is 4.16. The van der Waals surface area contributed by atoms with E-state index in [9.17, 15) is 0 Å². The van der Waals surface area contributed by atoms with Gasteiger partial charge in [0, 0.05) is 13.1 Å². The van der Waals surface area contributed by atoms with Gasteiger partial charge in [0.25, 0.3) is 0 Å². The lowest BCUT2D eigenvalue weighted by molar-refractivity contribution is 0.546. The first-order valence-corrected chi connectivity index (χ1v) is 3.17. The Bertz CT molecular complexity index is 88.3. The van der Waals surface area contributed by atoms with Gasteiger partial charge in [-0.15, -0.1) is 0 Å². The third kappa shape index (κ3) is 5.30. The Morgan fingerprint density at radius 1 is 1.78 bits per heavy atom. The number of hydrogen-bond acceptors (Lipinski definition) is 2. The maximum Gasteiger partial charge on any atom is 0.0990 e. The fourth-order valence-corrected chi connectivity index (χ4v) is 0.324. The van der Waals surface area contributed by atoms with Crippen molar-refractivity contribution < 1.29 is 0 Å². The quantitative estimate of drug-likeness (QED) is 0.263. The van der Waals surface area contributed by atoms with E-state index in [4.69, 9.17) is 5.84 Å². The van der Waals surface area contributed by atoms with E-state index in [1.165, 1.54) is 5.01 Å². The Labute approximate surface area is 56.5 Å². The van der Waals surface area contributed by atoms with Gasteiger partial charge in [-0.1, -0.05) is 6.92 Å². The molecule has 0 aliphatic heterocycles. The Morgan fingerprint density at radius 2 is 2.33 bits per heavy atom. The van der Waals surface area contributed by atoms with Crippen LogP contribution < -0.4 is 5.84 Å². The second-order valence-electron chi connectivity index (χ2n) is 2.19. The first-order valence-electron chi connectivity index (χ1n) is 3.17. The molecule has 2 N–H and O–H groups in total. The molecule has 1 atom stereocenters. The van der Waals surface area contributed by atoms with Crippen LogP contribution in [0.5, 0.6) is 0 Å². The molecule has 0 aliphatic rings. The minimum absolute atomic E-state index is 0.385. The molecule has 0 aromatic carbocycles. The summed E-state index contributed by atoms with van der Waals surface area (Å²) in [6.45, 7) is 4.15. The van der Waals surface area contributed by atoms with Gasteiger partial charge >= 0.3 is 0 Å². The molecule has 0 aromatic rings. The van der Waals surface area contributed by atoms with E-state index in [0.29, 0.717) is 6.04 Å². The van der Waals surface area contributed by atoms with Gasteiger partial charge in [-0.25, -0.2) is 5.84 Å². The van der Waals surface area contributed by atoms with Gasteiger partial charge in [-0.05, 0) is 13.3 Å². The third-order valence-corrected chi connectivity index (χ3v) is 1.09. The van der Waals surface area contributed by atoms with Crippen molar-refractivity contribution in [3.8, 4) is 0 Å². The highest BCUT2D eigenvalue weighted by atomic mass is 15.4. The van der Waals surface area contributed by atoms with Crippen LogP contribution in [0.25, 0.3) is 0 Å². The van der Waals surface area contributed by atoms with E-state index in [0.717, 1.165) is 6.42 Å². The van der Waals surface area contributed by atoms with E-state index in [1.54, 1.807) is 13.4 Å². The molecule has 0 aromatic heterocycles. The summed E-state index contributed by atoms with van der Waals surface area (Å²) in [4.78, 5) is 4.12. The topological polar surface area (TPSA) is 41.6 Å². The Hall–Kier alpha value is -0.570. The molecular weight excluding hydrogens is 114 g/mol. The van der Waals surface area contributed by atoms with Crippen LogP contribution in [0.1, 0.15) is 20.3 Å². The molecule has 9 heavy (non-hydrogen) atoms. The zero-order valence-corrected chi connectivity index (χ0v) is 6.33. The molecule has 0 rings (SSSR count). The second kappa shape index (κ2) is 4.32. The summed E-state index contributed by atoms with van der Waals surface area (Å²) in [6, 6.07) is 0.385. The molecule has 0 saturated carbocycles. The van der Waals surface area contributed by atoms with Crippen LogP contribution >= 0.6 is 0 Å². The maximum atomic E-state index is 5.28. The van der Waals surface area contributed by atoms with Crippen molar-refractivity contribution in [3.05, 3.63) is 0 Å². The Balaban J connectivity index is 3.43. The lowest BCUT2D eigenvalue weighted by atomic mass is 10.3. The number of rotatable bonds is 3. The van der Waals surface area contributed by atoms with Crippen LogP contribution in [0, 0.1) is 0 Å². The zero-order valence-electron chi connectivity index (χ0n) is 6.33. The predicted molar refractivity (Wildman–Crippen MR) is 40.2 cm³/mol. The standard InChI is InChI=1S/C6H15N3/c1-4-6(2)8-5-9(3)7/h5-6H,4,7H2,1-3H3/t6-/m0/s1. The van der Waals surface area contributed by atoms with E-state index in [-0.39, 0.29) is 0 Å². The van der Waals surface area contributed by atoms with Crippen molar-refractivity contribution in [2.45, 2.75) is 26.3 Å². The third-order valence-electron chi connectivity index (χ3n) is 1.09. The van der Waals surface area contributed by atoms with Gasteiger partial charge in [0.1, 0.15) is 0 Å². The van der Waals surface area contributed by atoms with Gasteiger partial charge in [0.15, 0.2) is 0 Å². The first kappa shape index (κ1) is 8.43. The van der Waals surface area contributed by atoms with Gasteiger partial charge in [-0.2, -0.15) is 0 Å². The molecule has 0 aliphatic carbocycles. The average molecular weight is 129 g/mol. The van der Waals surface area contributed by atoms with E-state index in [1.807, 2.05) is 0 Å². The van der Waals surface area contributed by atoms with Crippen molar-refractivity contribution in [3.63, 3.8) is 0 Å². The van der Waals surface area contributed by atoms with Crippen LogP contribution in [-0.2, 0) is 0 Å². The normalized spacial score (nSPS) is 14.2. The second-order valence-corrected chi connectivity index (χ2v) is 2.19. The molecular formula is C6H15N3. The predicted octanol–water partition coefficient (Wildman–Crippen LogP) is 0.619. The molecule has 0 fully saturated rings. The molecule has 0 radical (unpaired) electrons. The summed E-state index contributed by atoms with van der Waals surface area (Å²) in [5.74, 6) is 5.28. The van der Waals surface area contributed by atoms with Crippen molar-refractivity contribution in [1.29, 1.82) is 0 Å². The van der Waals surface area contributed by atoms with Crippen molar-refractivity contribution in [2.75, 3.05) is 7.05 Å². The highest BCUT2D eigenvalue weighted by Crippen LogP contribution is 1.92. The summed E-state index contributed by atoms with van der Waals surface area (Å²) in [7, 11) is 1.76. The largest absolute Gasteiger partial charge is 0.304 e. The van der Waals surface area contributed by atoms with Crippen LogP contribution in [0.4, 0.5) is 0 Å². The summed E-state index contributed by atoms with van der Waals surface area (Å²) < 4.78 is 0. The lowest BCUT2D eigenvalue weighted by Crippen LogP contribution is -2.24. The summed E-state index contributed by atoms with van der Waals surface area (Å²) in [6.07, 6.45) is 2.69. The van der Waals surface area contributed by atoms with E-state index in [2.05, 4.69) is 18.8 Å². The van der Waals surface area contributed by atoms with Gasteiger partial charge in [0.05, 0.1) is 6.34 Å². The minimum Gasteiger partial charge on any atom is -0.304 e. The molecule has 0 amide bonds. The number of nitrogens with two attached hydrogens (primary N) is 1. The smallest absolute Gasteiger partial charge is 0.0990 e. The highest BCUT2D eigenvalue weighted by Gasteiger charge is 1.89. The number of hydrazine groups is 1. The summed E-state index contributed by atoms with van der Waals surface area (Å²) in [5, 5.41) is 1.45. The molecule has 3 nitrogen and oxygen atoms in total. The van der Waals surface area contributed by atoms with Crippen molar-refractivity contribution in [1.82, 2.24) is 5.01 Å². The average Bonchev–Trinajstić information content (AvgIpc) is 1.83. The monoisotopic (exact) mass is 129 g/mol. The number of hydrogen-bond donors (Lipinski definition) is 1. The molecule has 3 heteroatoms. The zero-order chi connectivity index (χ0) is 7.28. The molecule has 0 saturated heterocycles. The summed E-state index contributed by atoms with van der Waals surface area (Å²) >= 11 is 0. The molecule has 0 bridgehead atoms. The van der Waals surface area contributed by atoms with Gasteiger partial charge < -0.3 is 5.01 Å². The van der Waals surface area contributed by atoms with Gasteiger partial charge in [-0.3, -0.25) is 4.99 Å². The van der Waals surface area contributed by atoms with Crippen molar-refractivity contribution >= 4 is 6.34 Å². The highest BCUT2D eigenvalue weighted by molar-refractivity contribution is 5.53. The molecule has 0 unspecified atom stereocenters.